The van der Waals surface area contributed by atoms with Crippen LogP contribution in [-0.4, -0.2) is 5.91 Å². The van der Waals surface area contributed by atoms with Crippen LogP contribution >= 0.6 is 11.6 Å². The predicted molar refractivity (Wildman–Crippen MR) is 81.1 cm³/mol. The van der Waals surface area contributed by atoms with Crippen molar-refractivity contribution in [1.29, 1.82) is 0 Å². The van der Waals surface area contributed by atoms with Gasteiger partial charge in [0.05, 0.1) is 17.0 Å². The number of rotatable bonds is 4. The van der Waals surface area contributed by atoms with Gasteiger partial charge in [-0.3, -0.25) is 4.79 Å². The number of hydrogen-bond acceptors (Lipinski definition) is 1. The summed E-state index contributed by atoms with van der Waals surface area (Å²) in [6, 6.07) is 7.11. The second-order valence-electron chi connectivity index (χ2n) is 5.10. The number of pyridine rings is 1. The van der Waals surface area contributed by atoms with Crippen LogP contribution in [0.25, 0.3) is 0 Å². The number of alkyl halides is 3. The molecule has 122 valence electrons. The SMILES string of the molecule is Cc1cc[n+](CCC(=O)Nc2ccc(Cl)c(C(F)(F)F)c2)cc1. The first-order valence-corrected chi connectivity index (χ1v) is 7.26. The second kappa shape index (κ2) is 7.00. The van der Waals surface area contributed by atoms with Crippen molar-refractivity contribution >= 4 is 23.2 Å². The molecule has 0 aliphatic heterocycles. The number of carbonyl (C=O) groups excluding carboxylic acids is 1. The fourth-order valence-corrected chi connectivity index (χ4v) is 2.18. The Labute approximate surface area is 136 Å². The predicted octanol–water partition coefficient (Wildman–Crippen LogP) is 3.98. The molecule has 0 bridgehead atoms. The summed E-state index contributed by atoms with van der Waals surface area (Å²) in [7, 11) is 0. The Hall–Kier alpha value is -2.08. The smallest absolute Gasteiger partial charge is 0.326 e. The summed E-state index contributed by atoms with van der Waals surface area (Å²) >= 11 is 5.54. The highest BCUT2D eigenvalue weighted by atomic mass is 35.5. The molecular weight excluding hydrogens is 329 g/mol. The average molecular weight is 344 g/mol. The Morgan fingerprint density at radius 1 is 1.22 bits per heavy atom. The van der Waals surface area contributed by atoms with Gasteiger partial charge in [0.15, 0.2) is 18.9 Å². The lowest BCUT2D eigenvalue weighted by Crippen LogP contribution is -2.34. The van der Waals surface area contributed by atoms with Crippen molar-refractivity contribution in [2.24, 2.45) is 0 Å². The minimum absolute atomic E-state index is 0.0700. The number of halogens is 4. The molecule has 0 saturated heterocycles. The molecule has 0 atom stereocenters. The van der Waals surface area contributed by atoms with E-state index in [0.717, 1.165) is 17.7 Å². The first kappa shape index (κ1) is 17.3. The molecule has 1 aromatic carbocycles. The van der Waals surface area contributed by atoms with Gasteiger partial charge in [0, 0.05) is 17.8 Å². The number of amides is 1. The summed E-state index contributed by atoms with van der Waals surface area (Å²) in [6.07, 6.45) is -0.730. The zero-order valence-corrected chi connectivity index (χ0v) is 13.1. The van der Waals surface area contributed by atoms with Crippen LogP contribution in [0.15, 0.2) is 42.7 Å². The third-order valence-corrected chi connectivity index (χ3v) is 3.54. The van der Waals surface area contributed by atoms with E-state index in [-0.39, 0.29) is 18.0 Å². The number of nitrogens with zero attached hydrogens (tertiary/aromatic N) is 1. The van der Waals surface area contributed by atoms with Crippen molar-refractivity contribution < 1.29 is 22.5 Å². The van der Waals surface area contributed by atoms with Gasteiger partial charge in [-0.2, -0.15) is 13.2 Å². The highest BCUT2D eigenvalue weighted by Crippen LogP contribution is 2.36. The number of hydrogen-bond donors (Lipinski definition) is 1. The van der Waals surface area contributed by atoms with Crippen molar-refractivity contribution in [2.45, 2.75) is 26.1 Å². The van der Waals surface area contributed by atoms with Crippen molar-refractivity contribution in [3.63, 3.8) is 0 Å². The Morgan fingerprint density at radius 3 is 2.48 bits per heavy atom. The monoisotopic (exact) mass is 343 g/mol. The van der Waals surface area contributed by atoms with Crippen LogP contribution < -0.4 is 9.88 Å². The van der Waals surface area contributed by atoms with E-state index in [1.54, 1.807) is 0 Å². The van der Waals surface area contributed by atoms with Gasteiger partial charge in [0.1, 0.15) is 0 Å². The van der Waals surface area contributed by atoms with Gasteiger partial charge in [-0.25, -0.2) is 4.57 Å². The lowest BCUT2D eigenvalue weighted by molar-refractivity contribution is -0.695. The normalized spacial score (nSPS) is 11.3. The quantitative estimate of drug-likeness (QED) is 0.837. The highest BCUT2D eigenvalue weighted by molar-refractivity contribution is 6.31. The van der Waals surface area contributed by atoms with Crippen LogP contribution in [0.4, 0.5) is 18.9 Å². The van der Waals surface area contributed by atoms with E-state index >= 15 is 0 Å². The molecule has 1 aromatic heterocycles. The standard InChI is InChI=1S/C16H14ClF3N2O/c1-11-4-7-22(8-5-11)9-6-15(23)21-12-2-3-14(17)13(10-12)16(18,19)20/h2-5,7-8,10H,6,9H2,1H3/p+1. The van der Waals surface area contributed by atoms with Crippen LogP contribution in [0.3, 0.4) is 0 Å². The van der Waals surface area contributed by atoms with Gasteiger partial charge < -0.3 is 5.32 Å². The van der Waals surface area contributed by atoms with E-state index in [1.807, 2.05) is 36.0 Å². The van der Waals surface area contributed by atoms with Gasteiger partial charge in [0.25, 0.3) is 0 Å². The molecule has 2 aromatic rings. The van der Waals surface area contributed by atoms with Gasteiger partial charge >= 0.3 is 6.18 Å². The van der Waals surface area contributed by atoms with Gasteiger partial charge in [-0.15, -0.1) is 0 Å². The largest absolute Gasteiger partial charge is 0.417 e. The van der Waals surface area contributed by atoms with E-state index in [9.17, 15) is 18.0 Å². The number of aromatic nitrogens is 1. The van der Waals surface area contributed by atoms with Crippen LogP contribution in [0.1, 0.15) is 17.5 Å². The first-order chi connectivity index (χ1) is 10.8. The summed E-state index contributed by atoms with van der Waals surface area (Å²) in [5, 5.41) is 2.05. The number of anilines is 1. The summed E-state index contributed by atoms with van der Waals surface area (Å²) < 4.78 is 40.1. The molecule has 0 aliphatic carbocycles. The topological polar surface area (TPSA) is 33.0 Å². The van der Waals surface area contributed by atoms with E-state index in [4.69, 9.17) is 11.6 Å². The van der Waals surface area contributed by atoms with E-state index in [1.165, 1.54) is 6.07 Å². The summed E-state index contributed by atoms with van der Waals surface area (Å²) in [6.45, 7) is 2.39. The average Bonchev–Trinajstić information content (AvgIpc) is 2.47. The Morgan fingerprint density at radius 2 is 1.87 bits per heavy atom. The summed E-state index contributed by atoms with van der Waals surface area (Å²) in [5.74, 6) is -0.367. The minimum Gasteiger partial charge on any atom is -0.326 e. The Balaban J connectivity index is 1.99. The molecule has 1 amide bonds. The molecule has 23 heavy (non-hydrogen) atoms. The lowest BCUT2D eigenvalue weighted by Gasteiger charge is -2.11. The van der Waals surface area contributed by atoms with Gasteiger partial charge in [-0.05, 0) is 30.7 Å². The molecule has 7 heteroatoms. The summed E-state index contributed by atoms with van der Waals surface area (Å²) in [5.41, 5.74) is 0.206. The zero-order chi connectivity index (χ0) is 17.0. The summed E-state index contributed by atoms with van der Waals surface area (Å²) in [4.78, 5) is 11.9. The number of nitrogens with one attached hydrogen (secondary N) is 1. The second-order valence-corrected chi connectivity index (χ2v) is 5.51. The van der Waals surface area contributed by atoms with Gasteiger partial charge in [-0.1, -0.05) is 11.6 Å². The molecule has 0 aliphatic rings. The lowest BCUT2D eigenvalue weighted by atomic mass is 10.2. The van der Waals surface area contributed by atoms with Crippen LogP contribution in [-0.2, 0) is 17.5 Å². The molecule has 1 heterocycles. The fraction of sp³-hybridized carbons (Fsp3) is 0.250. The maximum Gasteiger partial charge on any atom is 0.417 e. The molecule has 3 nitrogen and oxygen atoms in total. The number of aryl methyl sites for hydroxylation is 2. The van der Waals surface area contributed by atoms with Crippen molar-refractivity contribution in [1.82, 2.24) is 0 Å². The molecule has 0 spiro atoms. The van der Waals surface area contributed by atoms with Crippen LogP contribution in [0, 0.1) is 6.92 Å². The van der Waals surface area contributed by atoms with Crippen molar-refractivity contribution in [3.05, 3.63) is 58.9 Å². The molecule has 1 N–H and O–H groups in total. The molecule has 2 rings (SSSR count). The van der Waals surface area contributed by atoms with Crippen LogP contribution in [0.2, 0.25) is 5.02 Å². The minimum atomic E-state index is -4.56. The van der Waals surface area contributed by atoms with E-state index in [0.29, 0.717) is 6.54 Å². The number of benzene rings is 1. The van der Waals surface area contributed by atoms with Crippen molar-refractivity contribution in [3.8, 4) is 0 Å². The first-order valence-electron chi connectivity index (χ1n) is 6.88. The maximum absolute atomic E-state index is 12.8. The molecule has 0 unspecified atom stereocenters. The molecule has 0 fully saturated rings. The third-order valence-electron chi connectivity index (χ3n) is 3.21. The molecule has 0 saturated carbocycles. The Bertz CT molecular complexity index is 699. The third kappa shape index (κ3) is 4.96. The van der Waals surface area contributed by atoms with E-state index < -0.39 is 16.8 Å². The Kier molecular flexibility index (Phi) is 5.26. The van der Waals surface area contributed by atoms with Gasteiger partial charge in [0.2, 0.25) is 5.91 Å². The van der Waals surface area contributed by atoms with E-state index in [2.05, 4.69) is 5.32 Å². The molecule has 0 radical (unpaired) electrons. The molecular formula is C16H15ClF3N2O+. The van der Waals surface area contributed by atoms with Crippen molar-refractivity contribution in [2.75, 3.05) is 5.32 Å². The maximum atomic E-state index is 12.8. The highest BCUT2D eigenvalue weighted by Gasteiger charge is 2.33. The zero-order valence-electron chi connectivity index (χ0n) is 12.3. The fourth-order valence-electron chi connectivity index (χ4n) is 1.96. The van der Waals surface area contributed by atoms with Crippen LogP contribution in [0.5, 0.6) is 0 Å². The number of carbonyl (C=O) groups is 1.